The minimum Gasteiger partial charge on any atom is -0.388 e. The normalized spacial score (nSPS) is 23.7. The third kappa shape index (κ3) is 1.94. The Balaban J connectivity index is 2.13. The summed E-state index contributed by atoms with van der Waals surface area (Å²) in [7, 11) is 0. The second-order valence-corrected chi connectivity index (χ2v) is 3.86. The maximum atomic E-state index is 10.0. The van der Waals surface area contributed by atoms with Gasteiger partial charge < -0.3 is 9.84 Å². The van der Waals surface area contributed by atoms with Crippen molar-refractivity contribution in [1.29, 1.82) is 0 Å². The number of aliphatic hydroxyl groups is 1. The van der Waals surface area contributed by atoms with Crippen LogP contribution in [0.2, 0.25) is 0 Å². The van der Waals surface area contributed by atoms with E-state index in [1.54, 1.807) is 12.4 Å². The summed E-state index contributed by atoms with van der Waals surface area (Å²) in [6.07, 6.45) is 4.04. The van der Waals surface area contributed by atoms with Gasteiger partial charge in [0, 0.05) is 24.9 Å². The molecule has 1 fully saturated rings. The van der Waals surface area contributed by atoms with Crippen LogP contribution in [0.25, 0.3) is 0 Å². The lowest BCUT2D eigenvalue weighted by Crippen LogP contribution is -2.12. The standard InChI is InChI=1S/C11H15NO2/c1-8-4-10(6-12-5-8)11(13)9-2-3-14-7-9/h4-6,9,11,13H,2-3,7H2,1H3. The molecule has 3 nitrogen and oxygen atoms in total. The molecule has 2 rings (SSSR count). The van der Waals surface area contributed by atoms with Crippen molar-refractivity contribution in [3.05, 3.63) is 29.6 Å². The van der Waals surface area contributed by atoms with Crippen LogP contribution in [-0.2, 0) is 4.74 Å². The molecule has 0 amide bonds. The zero-order valence-corrected chi connectivity index (χ0v) is 8.31. The molecule has 0 saturated carbocycles. The number of ether oxygens (including phenoxy) is 1. The fourth-order valence-electron chi connectivity index (χ4n) is 1.81. The van der Waals surface area contributed by atoms with Gasteiger partial charge >= 0.3 is 0 Å². The van der Waals surface area contributed by atoms with Crippen molar-refractivity contribution >= 4 is 0 Å². The highest BCUT2D eigenvalue weighted by Crippen LogP contribution is 2.28. The van der Waals surface area contributed by atoms with Crippen LogP contribution in [0.15, 0.2) is 18.5 Å². The molecule has 0 aliphatic carbocycles. The van der Waals surface area contributed by atoms with Gasteiger partial charge in [0.25, 0.3) is 0 Å². The molecule has 2 unspecified atom stereocenters. The molecule has 2 atom stereocenters. The summed E-state index contributed by atoms with van der Waals surface area (Å²) in [6, 6.07) is 1.98. The summed E-state index contributed by atoms with van der Waals surface area (Å²) in [5.74, 6) is 0.235. The molecule has 0 bridgehead atoms. The number of nitrogens with zero attached hydrogens (tertiary/aromatic N) is 1. The number of aryl methyl sites for hydroxylation is 1. The van der Waals surface area contributed by atoms with E-state index in [2.05, 4.69) is 4.98 Å². The van der Waals surface area contributed by atoms with E-state index in [-0.39, 0.29) is 5.92 Å². The predicted molar refractivity (Wildman–Crippen MR) is 52.9 cm³/mol. The van der Waals surface area contributed by atoms with Crippen LogP contribution in [0.1, 0.15) is 23.7 Å². The lowest BCUT2D eigenvalue weighted by atomic mass is 9.96. The fourth-order valence-corrected chi connectivity index (χ4v) is 1.81. The predicted octanol–water partition coefficient (Wildman–Crippen LogP) is 1.46. The van der Waals surface area contributed by atoms with Crippen molar-refractivity contribution in [3.63, 3.8) is 0 Å². The van der Waals surface area contributed by atoms with E-state index >= 15 is 0 Å². The molecule has 1 saturated heterocycles. The topological polar surface area (TPSA) is 42.4 Å². The molecule has 0 radical (unpaired) electrons. The van der Waals surface area contributed by atoms with Gasteiger partial charge in [-0.15, -0.1) is 0 Å². The monoisotopic (exact) mass is 193 g/mol. The lowest BCUT2D eigenvalue weighted by molar-refractivity contribution is 0.0915. The molecule has 2 heterocycles. The maximum Gasteiger partial charge on any atom is 0.0855 e. The van der Waals surface area contributed by atoms with Crippen molar-refractivity contribution in [2.24, 2.45) is 5.92 Å². The third-order valence-electron chi connectivity index (χ3n) is 2.65. The molecular weight excluding hydrogens is 178 g/mol. The molecule has 76 valence electrons. The maximum absolute atomic E-state index is 10.0. The third-order valence-corrected chi connectivity index (χ3v) is 2.65. The van der Waals surface area contributed by atoms with Crippen LogP contribution in [0.5, 0.6) is 0 Å². The second-order valence-electron chi connectivity index (χ2n) is 3.86. The first-order valence-electron chi connectivity index (χ1n) is 4.95. The van der Waals surface area contributed by atoms with Crippen LogP contribution >= 0.6 is 0 Å². The van der Waals surface area contributed by atoms with Crippen molar-refractivity contribution in [2.45, 2.75) is 19.4 Å². The number of rotatable bonds is 2. The van der Waals surface area contributed by atoms with E-state index < -0.39 is 6.10 Å². The van der Waals surface area contributed by atoms with Crippen LogP contribution in [0.3, 0.4) is 0 Å². The summed E-state index contributed by atoms with van der Waals surface area (Å²) < 4.78 is 5.25. The van der Waals surface area contributed by atoms with Gasteiger partial charge in [0.15, 0.2) is 0 Å². The second kappa shape index (κ2) is 4.07. The van der Waals surface area contributed by atoms with Gasteiger partial charge in [-0.1, -0.05) is 6.07 Å². The summed E-state index contributed by atoms with van der Waals surface area (Å²) in [4.78, 5) is 4.08. The van der Waals surface area contributed by atoms with Crippen molar-refractivity contribution in [2.75, 3.05) is 13.2 Å². The summed E-state index contributed by atoms with van der Waals surface area (Å²) >= 11 is 0. The van der Waals surface area contributed by atoms with Gasteiger partial charge in [-0.25, -0.2) is 0 Å². The number of hydrogen-bond donors (Lipinski definition) is 1. The van der Waals surface area contributed by atoms with Crippen molar-refractivity contribution in [3.8, 4) is 0 Å². The highest BCUT2D eigenvalue weighted by Gasteiger charge is 2.25. The summed E-state index contributed by atoms with van der Waals surface area (Å²) in [5, 5.41) is 10.0. The highest BCUT2D eigenvalue weighted by molar-refractivity contribution is 5.19. The molecule has 3 heteroatoms. The van der Waals surface area contributed by atoms with Gasteiger partial charge in [0.05, 0.1) is 12.7 Å². The van der Waals surface area contributed by atoms with E-state index in [1.165, 1.54) is 0 Å². The first kappa shape index (κ1) is 9.62. The molecule has 1 aliphatic heterocycles. The Labute approximate surface area is 83.7 Å². The Morgan fingerprint density at radius 2 is 2.43 bits per heavy atom. The Hall–Kier alpha value is -0.930. The first-order chi connectivity index (χ1) is 6.77. The largest absolute Gasteiger partial charge is 0.388 e. The van der Waals surface area contributed by atoms with E-state index in [1.807, 2.05) is 13.0 Å². The Kier molecular flexibility index (Phi) is 2.79. The van der Waals surface area contributed by atoms with Gasteiger partial charge in [0.1, 0.15) is 0 Å². The minimum absolute atomic E-state index is 0.235. The molecular formula is C11H15NO2. The number of aromatic nitrogens is 1. The van der Waals surface area contributed by atoms with Crippen molar-refractivity contribution < 1.29 is 9.84 Å². The number of aliphatic hydroxyl groups excluding tert-OH is 1. The first-order valence-corrected chi connectivity index (χ1v) is 4.95. The molecule has 1 aromatic rings. The van der Waals surface area contributed by atoms with E-state index in [0.29, 0.717) is 6.61 Å². The van der Waals surface area contributed by atoms with Crippen molar-refractivity contribution in [1.82, 2.24) is 4.98 Å². The molecule has 1 aromatic heterocycles. The van der Waals surface area contributed by atoms with E-state index in [0.717, 1.165) is 24.2 Å². The van der Waals surface area contributed by atoms with Crippen LogP contribution in [0.4, 0.5) is 0 Å². The van der Waals surface area contributed by atoms with E-state index in [4.69, 9.17) is 4.74 Å². The molecule has 0 spiro atoms. The van der Waals surface area contributed by atoms with Crippen LogP contribution < -0.4 is 0 Å². The number of pyridine rings is 1. The van der Waals surface area contributed by atoms with Crippen LogP contribution in [0, 0.1) is 12.8 Å². The molecule has 1 aliphatic rings. The average Bonchev–Trinajstić information content (AvgIpc) is 2.69. The zero-order chi connectivity index (χ0) is 9.97. The zero-order valence-electron chi connectivity index (χ0n) is 8.31. The average molecular weight is 193 g/mol. The Bertz CT molecular complexity index is 308. The fraction of sp³-hybridized carbons (Fsp3) is 0.545. The SMILES string of the molecule is Cc1cncc(C(O)C2CCOC2)c1. The Morgan fingerprint density at radius 1 is 1.57 bits per heavy atom. The van der Waals surface area contributed by atoms with E-state index in [9.17, 15) is 5.11 Å². The minimum atomic E-state index is -0.426. The summed E-state index contributed by atoms with van der Waals surface area (Å²) in [5.41, 5.74) is 1.99. The summed E-state index contributed by atoms with van der Waals surface area (Å²) in [6.45, 7) is 3.41. The number of hydrogen-bond acceptors (Lipinski definition) is 3. The molecule has 0 aromatic carbocycles. The smallest absolute Gasteiger partial charge is 0.0855 e. The van der Waals surface area contributed by atoms with Crippen LogP contribution in [-0.4, -0.2) is 23.3 Å². The van der Waals surface area contributed by atoms with Gasteiger partial charge in [-0.3, -0.25) is 4.98 Å². The molecule has 1 N–H and O–H groups in total. The van der Waals surface area contributed by atoms with Gasteiger partial charge in [-0.2, -0.15) is 0 Å². The highest BCUT2D eigenvalue weighted by atomic mass is 16.5. The van der Waals surface area contributed by atoms with Gasteiger partial charge in [0.2, 0.25) is 0 Å². The van der Waals surface area contributed by atoms with Gasteiger partial charge in [-0.05, 0) is 24.5 Å². The molecule has 14 heavy (non-hydrogen) atoms. The lowest BCUT2D eigenvalue weighted by Gasteiger charge is -2.16. The Morgan fingerprint density at radius 3 is 3.07 bits per heavy atom. The quantitative estimate of drug-likeness (QED) is 0.773.